The van der Waals surface area contributed by atoms with Gasteiger partial charge in [-0.15, -0.1) is 0 Å². The summed E-state index contributed by atoms with van der Waals surface area (Å²) in [4.78, 5) is 22.2. The van der Waals surface area contributed by atoms with Crippen molar-refractivity contribution in [1.82, 2.24) is 9.97 Å². The second-order valence-electron chi connectivity index (χ2n) is 4.96. The zero-order valence-electron chi connectivity index (χ0n) is 12.5. The molecule has 0 spiro atoms. The van der Waals surface area contributed by atoms with E-state index in [9.17, 15) is 4.79 Å². The number of amides is 1. The van der Waals surface area contributed by atoms with Crippen molar-refractivity contribution >= 4 is 44.9 Å². The number of nitrogens with zero attached hydrogens (tertiary/aromatic N) is 3. The topological polar surface area (TPSA) is 58.1 Å². The van der Waals surface area contributed by atoms with E-state index < -0.39 is 0 Å². The maximum absolute atomic E-state index is 12.2. The number of hydrogen-bond acceptors (Lipinski definition) is 4. The SMILES string of the molecule is Cc1nc(Cl)cc(N(C)CC(=O)Nc2ccc(Br)cc2C)n1. The molecule has 0 atom stereocenters. The van der Waals surface area contributed by atoms with Crippen molar-refractivity contribution in [3.8, 4) is 0 Å². The van der Waals surface area contributed by atoms with Gasteiger partial charge in [0.2, 0.25) is 5.91 Å². The highest BCUT2D eigenvalue weighted by atomic mass is 79.9. The van der Waals surface area contributed by atoms with E-state index in [1.807, 2.05) is 25.1 Å². The van der Waals surface area contributed by atoms with Crippen molar-refractivity contribution in [1.29, 1.82) is 0 Å². The predicted octanol–water partition coefficient (Wildman–Crippen LogP) is 3.58. The minimum Gasteiger partial charge on any atom is -0.350 e. The van der Waals surface area contributed by atoms with Crippen LogP contribution in [0.2, 0.25) is 5.15 Å². The lowest BCUT2D eigenvalue weighted by atomic mass is 10.2. The Morgan fingerprint density at radius 1 is 1.32 bits per heavy atom. The second-order valence-corrected chi connectivity index (χ2v) is 6.26. The molecular weight excluding hydrogens is 368 g/mol. The van der Waals surface area contributed by atoms with Crippen molar-refractivity contribution in [2.45, 2.75) is 13.8 Å². The van der Waals surface area contributed by atoms with Crippen LogP contribution in [0.3, 0.4) is 0 Å². The first-order valence-corrected chi connectivity index (χ1v) is 7.80. The molecule has 7 heteroatoms. The molecule has 0 aliphatic carbocycles. The lowest BCUT2D eigenvalue weighted by molar-refractivity contribution is -0.114. The lowest BCUT2D eigenvalue weighted by Crippen LogP contribution is -2.31. The molecule has 2 rings (SSSR count). The number of carbonyl (C=O) groups excluding carboxylic acids is 1. The van der Waals surface area contributed by atoms with Gasteiger partial charge in [-0.05, 0) is 37.6 Å². The normalized spacial score (nSPS) is 10.4. The summed E-state index contributed by atoms with van der Waals surface area (Å²) < 4.78 is 0.978. The van der Waals surface area contributed by atoms with Gasteiger partial charge in [-0.2, -0.15) is 0 Å². The van der Waals surface area contributed by atoms with Crippen molar-refractivity contribution < 1.29 is 4.79 Å². The van der Waals surface area contributed by atoms with E-state index in [1.54, 1.807) is 24.9 Å². The van der Waals surface area contributed by atoms with Gasteiger partial charge in [0.15, 0.2) is 0 Å². The Hall–Kier alpha value is -1.66. The molecule has 0 unspecified atom stereocenters. The van der Waals surface area contributed by atoms with Crippen LogP contribution in [-0.2, 0) is 4.79 Å². The van der Waals surface area contributed by atoms with Crippen LogP contribution in [0.4, 0.5) is 11.5 Å². The number of halogens is 2. The number of anilines is 2. The molecule has 0 aliphatic heterocycles. The summed E-state index contributed by atoms with van der Waals surface area (Å²) >= 11 is 9.31. The molecule has 1 heterocycles. The Morgan fingerprint density at radius 3 is 2.68 bits per heavy atom. The summed E-state index contributed by atoms with van der Waals surface area (Å²) in [6.45, 7) is 3.87. The number of benzene rings is 1. The third-order valence-electron chi connectivity index (χ3n) is 3.03. The van der Waals surface area contributed by atoms with Gasteiger partial charge in [-0.3, -0.25) is 4.79 Å². The number of likely N-dealkylation sites (N-methyl/N-ethyl adjacent to an activating group) is 1. The van der Waals surface area contributed by atoms with E-state index in [0.29, 0.717) is 16.8 Å². The average molecular weight is 384 g/mol. The van der Waals surface area contributed by atoms with E-state index >= 15 is 0 Å². The molecule has 2 aromatic rings. The van der Waals surface area contributed by atoms with Crippen LogP contribution < -0.4 is 10.2 Å². The molecule has 22 heavy (non-hydrogen) atoms. The van der Waals surface area contributed by atoms with Gasteiger partial charge in [0.25, 0.3) is 0 Å². The molecule has 0 fully saturated rings. The molecule has 0 bridgehead atoms. The number of rotatable bonds is 4. The van der Waals surface area contributed by atoms with Gasteiger partial charge in [0.1, 0.15) is 16.8 Å². The van der Waals surface area contributed by atoms with Crippen LogP contribution in [0.1, 0.15) is 11.4 Å². The standard InChI is InChI=1S/C15H16BrClN4O/c1-9-6-11(16)4-5-12(9)20-15(22)8-21(3)14-7-13(17)18-10(2)19-14/h4-7H,8H2,1-3H3,(H,20,22). The van der Waals surface area contributed by atoms with Gasteiger partial charge in [0.05, 0.1) is 6.54 Å². The second kappa shape index (κ2) is 7.07. The number of hydrogen-bond donors (Lipinski definition) is 1. The smallest absolute Gasteiger partial charge is 0.243 e. The van der Waals surface area contributed by atoms with E-state index in [2.05, 4.69) is 31.2 Å². The van der Waals surface area contributed by atoms with E-state index in [0.717, 1.165) is 15.7 Å². The van der Waals surface area contributed by atoms with E-state index in [1.165, 1.54) is 0 Å². The molecule has 1 N–H and O–H groups in total. The van der Waals surface area contributed by atoms with Crippen LogP contribution >= 0.6 is 27.5 Å². The zero-order chi connectivity index (χ0) is 16.3. The fraction of sp³-hybridized carbons (Fsp3) is 0.267. The zero-order valence-corrected chi connectivity index (χ0v) is 14.9. The van der Waals surface area contributed by atoms with Crippen molar-refractivity contribution in [2.24, 2.45) is 0 Å². The molecule has 1 aromatic carbocycles. The highest BCUT2D eigenvalue weighted by molar-refractivity contribution is 9.10. The maximum atomic E-state index is 12.2. The molecule has 5 nitrogen and oxygen atoms in total. The van der Waals surface area contributed by atoms with E-state index in [-0.39, 0.29) is 12.5 Å². The van der Waals surface area contributed by atoms with Gasteiger partial charge >= 0.3 is 0 Å². The number of aryl methyl sites for hydroxylation is 2. The number of nitrogens with one attached hydrogen (secondary N) is 1. The van der Waals surface area contributed by atoms with Crippen LogP contribution in [-0.4, -0.2) is 29.5 Å². The summed E-state index contributed by atoms with van der Waals surface area (Å²) in [5, 5.41) is 3.25. The Balaban J connectivity index is 2.05. The average Bonchev–Trinajstić information content (AvgIpc) is 2.40. The molecule has 1 amide bonds. The highest BCUT2D eigenvalue weighted by Gasteiger charge is 2.11. The summed E-state index contributed by atoms with van der Waals surface area (Å²) in [6, 6.07) is 7.34. The fourth-order valence-electron chi connectivity index (χ4n) is 1.97. The molecule has 0 aliphatic rings. The Kier molecular flexibility index (Phi) is 5.37. The summed E-state index contributed by atoms with van der Waals surface area (Å²) in [5.41, 5.74) is 1.78. The molecule has 0 radical (unpaired) electrons. The van der Waals surface area contributed by atoms with Crippen LogP contribution in [0, 0.1) is 13.8 Å². The molecular formula is C15H16BrClN4O. The lowest BCUT2D eigenvalue weighted by Gasteiger charge is -2.18. The molecule has 1 aromatic heterocycles. The Morgan fingerprint density at radius 2 is 2.05 bits per heavy atom. The first-order chi connectivity index (χ1) is 10.3. The summed E-state index contributed by atoms with van der Waals surface area (Å²) in [6.07, 6.45) is 0. The first kappa shape index (κ1) is 16.7. The Labute approximate surface area is 142 Å². The predicted molar refractivity (Wildman–Crippen MR) is 92.6 cm³/mol. The van der Waals surface area contributed by atoms with Crippen molar-refractivity contribution in [3.05, 3.63) is 45.3 Å². The van der Waals surface area contributed by atoms with Gasteiger partial charge < -0.3 is 10.2 Å². The van der Waals surface area contributed by atoms with Gasteiger partial charge in [-0.25, -0.2) is 9.97 Å². The molecule has 0 saturated heterocycles. The third-order valence-corrected chi connectivity index (χ3v) is 3.71. The first-order valence-electron chi connectivity index (χ1n) is 6.63. The van der Waals surface area contributed by atoms with Crippen molar-refractivity contribution in [3.63, 3.8) is 0 Å². The fourth-order valence-corrected chi connectivity index (χ4v) is 2.66. The van der Waals surface area contributed by atoms with Crippen molar-refractivity contribution in [2.75, 3.05) is 23.8 Å². The summed E-state index contributed by atoms with van der Waals surface area (Å²) in [5.74, 6) is 1.05. The van der Waals surface area contributed by atoms with Crippen LogP contribution in [0.5, 0.6) is 0 Å². The van der Waals surface area contributed by atoms with Crippen LogP contribution in [0.15, 0.2) is 28.7 Å². The highest BCUT2D eigenvalue weighted by Crippen LogP contribution is 2.20. The number of carbonyl (C=O) groups is 1. The Bertz CT molecular complexity index is 688. The maximum Gasteiger partial charge on any atom is 0.243 e. The third kappa shape index (κ3) is 4.42. The van der Waals surface area contributed by atoms with Gasteiger partial charge in [-0.1, -0.05) is 27.5 Å². The largest absolute Gasteiger partial charge is 0.350 e. The minimum absolute atomic E-state index is 0.125. The quantitative estimate of drug-likeness (QED) is 0.820. The summed E-state index contributed by atoms with van der Waals surface area (Å²) in [7, 11) is 1.78. The minimum atomic E-state index is -0.125. The molecule has 116 valence electrons. The van der Waals surface area contributed by atoms with E-state index in [4.69, 9.17) is 11.6 Å². The monoisotopic (exact) mass is 382 g/mol. The van der Waals surface area contributed by atoms with Gasteiger partial charge in [0, 0.05) is 23.3 Å². The van der Waals surface area contributed by atoms with Crippen LogP contribution in [0.25, 0.3) is 0 Å². The number of aromatic nitrogens is 2. The molecule has 0 saturated carbocycles.